The molecule has 0 saturated carbocycles. The molecule has 0 amide bonds. The van der Waals surface area contributed by atoms with Crippen LogP contribution in [0.1, 0.15) is 38.7 Å². The minimum atomic E-state index is -0.411. The first-order valence-electron chi connectivity index (χ1n) is 7.75. The normalized spacial score (nSPS) is 14.2. The zero-order valence-corrected chi connectivity index (χ0v) is 12.8. The number of aryl methyl sites for hydroxylation is 1. The number of benzene rings is 1. The molecule has 0 aromatic heterocycles. The van der Waals surface area contributed by atoms with Crippen LogP contribution in [0, 0.1) is 0 Å². The van der Waals surface area contributed by atoms with Crippen LogP contribution >= 0.6 is 0 Å². The lowest BCUT2D eigenvalue weighted by atomic mass is 10.1. The van der Waals surface area contributed by atoms with E-state index in [-0.39, 0.29) is 0 Å². The Morgan fingerprint density at radius 3 is 2.70 bits per heavy atom. The number of ether oxygens (including phenoxy) is 1. The van der Waals surface area contributed by atoms with Gasteiger partial charge in [-0.05, 0) is 31.7 Å². The van der Waals surface area contributed by atoms with Gasteiger partial charge in [0.1, 0.15) is 0 Å². The van der Waals surface area contributed by atoms with Crippen molar-refractivity contribution in [3.63, 3.8) is 0 Å². The first-order chi connectivity index (χ1) is 9.72. The van der Waals surface area contributed by atoms with E-state index >= 15 is 0 Å². The minimum absolute atomic E-state index is 0.403. The van der Waals surface area contributed by atoms with Gasteiger partial charge in [0.05, 0.1) is 12.7 Å². The van der Waals surface area contributed by atoms with E-state index in [0.29, 0.717) is 19.2 Å². The van der Waals surface area contributed by atoms with E-state index in [1.54, 1.807) is 0 Å². The summed E-state index contributed by atoms with van der Waals surface area (Å²) in [6.07, 6.45) is 3.93. The first kappa shape index (κ1) is 17.2. The largest absolute Gasteiger partial charge is 0.389 e. The van der Waals surface area contributed by atoms with Crippen molar-refractivity contribution in [2.45, 2.75) is 51.7 Å². The zero-order chi connectivity index (χ0) is 14.6. The molecule has 20 heavy (non-hydrogen) atoms. The van der Waals surface area contributed by atoms with Crippen LogP contribution in [0.2, 0.25) is 0 Å². The lowest BCUT2D eigenvalue weighted by Gasteiger charge is -2.17. The fourth-order valence-corrected chi connectivity index (χ4v) is 1.99. The van der Waals surface area contributed by atoms with Crippen molar-refractivity contribution < 1.29 is 9.84 Å². The second-order valence-corrected chi connectivity index (χ2v) is 5.42. The molecule has 3 nitrogen and oxygen atoms in total. The molecule has 0 radical (unpaired) electrons. The minimum Gasteiger partial charge on any atom is -0.389 e. The summed E-state index contributed by atoms with van der Waals surface area (Å²) in [7, 11) is 0. The molecule has 2 atom stereocenters. The van der Waals surface area contributed by atoms with Gasteiger partial charge in [0, 0.05) is 19.2 Å². The summed E-state index contributed by atoms with van der Waals surface area (Å²) in [5.74, 6) is 0. The molecule has 3 heteroatoms. The van der Waals surface area contributed by atoms with Crippen molar-refractivity contribution in [2.75, 3.05) is 19.8 Å². The third-order valence-electron chi connectivity index (χ3n) is 3.36. The Kier molecular flexibility index (Phi) is 9.29. The fraction of sp³-hybridized carbons (Fsp3) is 0.647. The van der Waals surface area contributed by atoms with Crippen molar-refractivity contribution in [3.05, 3.63) is 35.9 Å². The Morgan fingerprint density at radius 2 is 2.00 bits per heavy atom. The highest BCUT2D eigenvalue weighted by Crippen LogP contribution is 2.04. The van der Waals surface area contributed by atoms with Crippen LogP contribution < -0.4 is 5.32 Å². The Labute approximate surface area is 123 Å². The molecule has 1 aromatic carbocycles. The van der Waals surface area contributed by atoms with Crippen molar-refractivity contribution in [1.29, 1.82) is 0 Å². The third-order valence-corrected chi connectivity index (χ3v) is 3.36. The summed E-state index contributed by atoms with van der Waals surface area (Å²) in [5, 5.41) is 13.2. The molecule has 0 fully saturated rings. The number of rotatable bonds is 11. The maximum absolute atomic E-state index is 9.80. The van der Waals surface area contributed by atoms with E-state index in [2.05, 4.69) is 43.4 Å². The van der Waals surface area contributed by atoms with Crippen LogP contribution in [0.4, 0.5) is 0 Å². The number of unbranched alkanes of at least 4 members (excludes halogenated alkanes) is 1. The van der Waals surface area contributed by atoms with Crippen LogP contribution in [0.5, 0.6) is 0 Å². The maximum atomic E-state index is 9.80. The van der Waals surface area contributed by atoms with E-state index in [0.717, 1.165) is 32.3 Å². The molecule has 0 aliphatic carbocycles. The molecule has 0 saturated heterocycles. The fourth-order valence-electron chi connectivity index (χ4n) is 1.99. The van der Waals surface area contributed by atoms with Gasteiger partial charge in [0.2, 0.25) is 0 Å². The molecule has 0 heterocycles. The molecule has 0 aliphatic rings. The quantitative estimate of drug-likeness (QED) is 0.612. The van der Waals surface area contributed by atoms with Crippen molar-refractivity contribution in [1.82, 2.24) is 5.32 Å². The van der Waals surface area contributed by atoms with Crippen molar-refractivity contribution >= 4 is 0 Å². The predicted octanol–water partition coefficient (Wildman–Crippen LogP) is 2.77. The Morgan fingerprint density at radius 1 is 1.25 bits per heavy atom. The van der Waals surface area contributed by atoms with Gasteiger partial charge in [-0.2, -0.15) is 0 Å². The Balaban J connectivity index is 2.05. The summed E-state index contributed by atoms with van der Waals surface area (Å²) < 4.78 is 5.41. The summed E-state index contributed by atoms with van der Waals surface area (Å²) >= 11 is 0. The number of aliphatic hydroxyl groups is 1. The summed E-state index contributed by atoms with van der Waals surface area (Å²) in [4.78, 5) is 0. The predicted molar refractivity (Wildman–Crippen MR) is 84.0 cm³/mol. The molecule has 114 valence electrons. The van der Waals surface area contributed by atoms with E-state index < -0.39 is 6.10 Å². The highest BCUT2D eigenvalue weighted by molar-refractivity contribution is 5.14. The molecular formula is C17H29NO2. The molecule has 0 bridgehead atoms. The maximum Gasteiger partial charge on any atom is 0.0897 e. The summed E-state index contributed by atoms with van der Waals surface area (Å²) in [6.45, 7) is 6.07. The van der Waals surface area contributed by atoms with E-state index in [9.17, 15) is 5.11 Å². The van der Waals surface area contributed by atoms with Gasteiger partial charge in [-0.25, -0.2) is 0 Å². The topological polar surface area (TPSA) is 41.5 Å². The average molecular weight is 279 g/mol. The second-order valence-electron chi connectivity index (χ2n) is 5.42. The summed E-state index contributed by atoms with van der Waals surface area (Å²) in [5.41, 5.74) is 1.37. The third kappa shape index (κ3) is 8.31. The van der Waals surface area contributed by atoms with Gasteiger partial charge in [-0.3, -0.25) is 0 Å². The van der Waals surface area contributed by atoms with E-state index in [1.807, 2.05) is 6.07 Å². The number of hydrogen-bond acceptors (Lipinski definition) is 3. The highest BCUT2D eigenvalue weighted by Gasteiger charge is 2.07. The van der Waals surface area contributed by atoms with Gasteiger partial charge in [-0.1, -0.05) is 43.7 Å². The van der Waals surface area contributed by atoms with Gasteiger partial charge >= 0.3 is 0 Å². The van der Waals surface area contributed by atoms with E-state index in [1.165, 1.54) is 5.56 Å². The molecule has 0 aliphatic heterocycles. The lowest BCUT2D eigenvalue weighted by Crippen LogP contribution is -2.36. The highest BCUT2D eigenvalue weighted by atomic mass is 16.5. The monoisotopic (exact) mass is 279 g/mol. The average Bonchev–Trinajstić information content (AvgIpc) is 2.48. The molecule has 0 spiro atoms. The van der Waals surface area contributed by atoms with Gasteiger partial charge < -0.3 is 15.2 Å². The lowest BCUT2D eigenvalue weighted by molar-refractivity contribution is 0.0347. The molecule has 2 unspecified atom stereocenters. The smallest absolute Gasteiger partial charge is 0.0897 e. The van der Waals surface area contributed by atoms with E-state index in [4.69, 9.17) is 4.74 Å². The SMILES string of the molecule is CCCCOCC(O)CNC(C)CCc1ccccc1. The van der Waals surface area contributed by atoms with Crippen LogP contribution in [-0.4, -0.2) is 37.0 Å². The van der Waals surface area contributed by atoms with Crippen LogP contribution in [0.3, 0.4) is 0 Å². The van der Waals surface area contributed by atoms with Crippen molar-refractivity contribution in [3.8, 4) is 0 Å². The zero-order valence-electron chi connectivity index (χ0n) is 12.8. The van der Waals surface area contributed by atoms with Crippen molar-refractivity contribution in [2.24, 2.45) is 0 Å². The van der Waals surface area contributed by atoms with Gasteiger partial charge in [-0.15, -0.1) is 0 Å². The molecule has 1 rings (SSSR count). The molecular weight excluding hydrogens is 250 g/mol. The van der Waals surface area contributed by atoms with Crippen LogP contribution in [0.15, 0.2) is 30.3 Å². The number of aliphatic hydroxyl groups excluding tert-OH is 1. The van der Waals surface area contributed by atoms with Gasteiger partial charge in [0.25, 0.3) is 0 Å². The molecule has 1 aromatic rings. The number of nitrogens with one attached hydrogen (secondary N) is 1. The standard InChI is InChI=1S/C17H29NO2/c1-3-4-12-20-14-17(19)13-18-15(2)10-11-16-8-6-5-7-9-16/h5-9,15,17-19H,3-4,10-14H2,1-2H3. The van der Waals surface area contributed by atoms with Gasteiger partial charge in [0.15, 0.2) is 0 Å². The second kappa shape index (κ2) is 10.8. The van der Waals surface area contributed by atoms with Crippen LogP contribution in [-0.2, 0) is 11.2 Å². The first-order valence-corrected chi connectivity index (χ1v) is 7.75. The van der Waals surface area contributed by atoms with Crippen LogP contribution in [0.25, 0.3) is 0 Å². The Bertz CT molecular complexity index is 329. The Hall–Kier alpha value is -0.900. The molecule has 2 N–H and O–H groups in total. The summed E-state index contributed by atoms with van der Waals surface area (Å²) in [6, 6.07) is 10.9. The number of hydrogen-bond donors (Lipinski definition) is 2.